The first kappa shape index (κ1) is 25.0. The number of carbonyl (C=O) groups is 1. The fourth-order valence-electron chi connectivity index (χ4n) is 6.65. The van der Waals surface area contributed by atoms with Gasteiger partial charge >= 0.3 is 0 Å². The Labute approximate surface area is 248 Å². The first-order chi connectivity index (χ1) is 21.1. The maximum Gasteiger partial charge on any atom is 0.192 e. The van der Waals surface area contributed by atoms with E-state index in [0.717, 1.165) is 44.2 Å². The van der Waals surface area contributed by atoms with Crippen molar-refractivity contribution in [2.75, 3.05) is 0 Å². The second-order valence-corrected chi connectivity index (χ2v) is 11.3. The van der Waals surface area contributed by atoms with E-state index in [1.165, 1.54) is 10.8 Å². The molecule has 0 fully saturated rings. The van der Waals surface area contributed by atoms with Gasteiger partial charge in [-0.2, -0.15) is 5.26 Å². The van der Waals surface area contributed by atoms with Crippen LogP contribution in [0.15, 0.2) is 133 Å². The molecule has 0 N–H and O–H groups in total. The van der Waals surface area contributed by atoms with E-state index in [2.05, 4.69) is 74.8 Å². The molecule has 204 valence electrons. The topological polar surface area (TPSA) is 63.6 Å². The lowest BCUT2D eigenvalue weighted by atomic mass is 9.72. The lowest BCUT2D eigenvalue weighted by Crippen LogP contribution is -2.32. The molecule has 7 aromatic rings. The van der Waals surface area contributed by atoms with Crippen LogP contribution >= 0.6 is 0 Å². The van der Waals surface area contributed by atoms with Crippen molar-refractivity contribution in [1.29, 1.82) is 5.26 Å². The van der Waals surface area contributed by atoms with Crippen LogP contribution in [0.5, 0.6) is 0 Å². The Bertz CT molecular complexity index is 2260. The molecule has 0 bridgehead atoms. The smallest absolute Gasteiger partial charge is 0.192 e. The van der Waals surface area contributed by atoms with Crippen LogP contribution in [0.2, 0.25) is 0 Å². The van der Waals surface area contributed by atoms with Gasteiger partial charge in [-0.1, -0.05) is 78.9 Å². The van der Waals surface area contributed by atoms with Gasteiger partial charge in [0, 0.05) is 32.8 Å². The van der Waals surface area contributed by atoms with E-state index < -0.39 is 5.41 Å². The van der Waals surface area contributed by atoms with Gasteiger partial charge in [0.2, 0.25) is 0 Å². The number of nitrogens with zero attached hydrogens (tertiary/aromatic N) is 4. The second-order valence-electron chi connectivity index (χ2n) is 11.3. The minimum Gasteiger partial charge on any atom is -0.310 e. The molecule has 5 heteroatoms. The first-order valence-corrected chi connectivity index (χ1v) is 14.4. The monoisotopic (exact) mass is 554 g/mol. The van der Waals surface area contributed by atoms with Crippen molar-refractivity contribution < 1.29 is 4.79 Å². The van der Waals surface area contributed by atoms with Gasteiger partial charge in [0.25, 0.3) is 0 Å². The van der Waals surface area contributed by atoms with Gasteiger partial charge in [-0.3, -0.25) is 9.78 Å². The zero-order chi connectivity index (χ0) is 29.1. The second kappa shape index (κ2) is 9.40. The molecular formula is C38H26N4O. The number of allylic oxidation sites excluding steroid dienone is 4. The summed E-state index contributed by atoms with van der Waals surface area (Å²) in [5, 5.41) is 15.0. The third kappa shape index (κ3) is 3.63. The highest BCUT2D eigenvalue weighted by Gasteiger charge is 2.40. The maximum atomic E-state index is 14.0. The third-order valence-electron chi connectivity index (χ3n) is 8.88. The number of hydrogen-bond acceptors (Lipinski definition) is 3. The Morgan fingerprint density at radius 3 is 1.67 bits per heavy atom. The summed E-state index contributed by atoms with van der Waals surface area (Å²) in [5.74, 6) is -0.161. The molecule has 1 atom stereocenters. The van der Waals surface area contributed by atoms with Crippen molar-refractivity contribution in [3.8, 4) is 11.8 Å². The molecule has 8 rings (SSSR count). The molecule has 1 unspecified atom stereocenters. The number of benzene rings is 4. The third-order valence-corrected chi connectivity index (χ3v) is 8.88. The Morgan fingerprint density at radius 2 is 1.21 bits per heavy atom. The summed E-state index contributed by atoms with van der Waals surface area (Å²) in [7, 11) is 0. The van der Waals surface area contributed by atoms with Crippen molar-refractivity contribution in [1.82, 2.24) is 14.1 Å². The Morgan fingerprint density at radius 1 is 0.721 bits per heavy atom. The highest BCUT2D eigenvalue weighted by molar-refractivity contribution is 6.11. The predicted octanol–water partition coefficient (Wildman–Crippen LogP) is 8.87. The van der Waals surface area contributed by atoms with Gasteiger partial charge in [-0.05, 0) is 55.8 Å². The quantitative estimate of drug-likeness (QED) is 0.204. The van der Waals surface area contributed by atoms with Crippen LogP contribution in [0.25, 0.3) is 55.0 Å². The molecule has 43 heavy (non-hydrogen) atoms. The number of nitriles is 1. The lowest BCUT2D eigenvalue weighted by Gasteiger charge is -2.30. The maximum absolute atomic E-state index is 14.0. The number of ketones is 1. The highest BCUT2D eigenvalue weighted by Crippen LogP contribution is 2.42. The van der Waals surface area contributed by atoms with Gasteiger partial charge in [0.1, 0.15) is 5.69 Å². The number of fused-ring (bicyclic) bond motifs is 6. The summed E-state index contributed by atoms with van der Waals surface area (Å²) in [4.78, 5) is 18.7. The van der Waals surface area contributed by atoms with E-state index in [0.29, 0.717) is 17.7 Å². The minimum absolute atomic E-state index is 0.161. The normalized spacial score (nSPS) is 16.8. The molecule has 0 aliphatic heterocycles. The average Bonchev–Trinajstić information content (AvgIpc) is 3.58. The molecule has 0 spiro atoms. The fraction of sp³-hybridized carbons (Fsp3) is 0.0789. The standard InChI is InChI=1S/C38H26N4O/c1-38(21-20-26(22-25(38)23-39)41-33-14-6-2-10-28(33)29-11-3-7-15-34(29)41)37(43)32-19-18-27(24-40-32)42-35-16-8-4-12-30(35)31-13-5-9-17-36(31)42/h2-20,22,24H,21H2,1H3. The van der Waals surface area contributed by atoms with Gasteiger partial charge < -0.3 is 9.13 Å². The molecule has 0 amide bonds. The SMILES string of the molecule is CC1(C(=O)c2ccc(-n3c4ccccc4c4ccccc43)cn2)CC=C(n2c3ccccc3c3ccccc32)C=C1C#N. The molecule has 4 aromatic carbocycles. The van der Waals surface area contributed by atoms with Crippen molar-refractivity contribution in [3.63, 3.8) is 0 Å². The summed E-state index contributed by atoms with van der Waals surface area (Å²) in [5.41, 5.74) is 5.86. The number of para-hydroxylation sites is 4. The van der Waals surface area contributed by atoms with Crippen molar-refractivity contribution >= 4 is 55.1 Å². The van der Waals surface area contributed by atoms with E-state index in [1.54, 1.807) is 12.3 Å². The largest absolute Gasteiger partial charge is 0.310 e. The summed E-state index contributed by atoms with van der Waals surface area (Å²) in [6.45, 7) is 1.85. The van der Waals surface area contributed by atoms with E-state index >= 15 is 0 Å². The van der Waals surface area contributed by atoms with Crippen LogP contribution in [0, 0.1) is 16.7 Å². The molecule has 1 aliphatic carbocycles. The number of rotatable bonds is 4. The number of aromatic nitrogens is 3. The van der Waals surface area contributed by atoms with Gasteiger partial charge in [0.05, 0.1) is 45.4 Å². The molecule has 3 aromatic heterocycles. The Kier molecular flexibility index (Phi) is 5.47. The number of pyridine rings is 1. The number of carbonyl (C=O) groups excluding carboxylic acids is 1. The Balaban J connectivity index is 1.17. The molecule has 3 heterocycles. The van der Waals surface area contributed by atoms with E-state index in [9.17, 15) is 10.1 Å². The van der Waals surface area contributed by atoms with Crippen molar-refractivity contribution in [2.45, 2.75) is 13.3 Å². The molecule has 0 saturated heterocycles. The summed E-state index contributed by atoms with van der Waals surface area (Å²) in [6.07, 6.45) is 6.10. The minimum atomic E-state index is -1.02. The fourth-order valence-corrected chi connectivity index (χ4v) is 6.65. The number of hydrogen-bond donors (Lipinski definition) is 0. The Hall–Kier alpha value is -5.73. The highest BCUT2D eigenvalue weighted by atomic mass is 16.1. The van der Waals surface area contributed by atoms with Crippen LogP contribution in [-0.2, 0) is 0 Å². The number of Topliss-reactive ketones (excluding diaryl/α,β-unsaturated/α-hetero) is 1. The van der Waals surface area contributed by atoms with Gasteiger partial charge in [-0.25, -0.2) is 0 Å². The average molecular weight is 555 g/mol. The summed E-state index contributed by atoms with van der Waals surface area (Å²) < 4.78 is 4.36. The molecular weight excluding hydrogens is 528 g/mol. The van der Waals surface area contributed by atoms with E-state index in [4.69, 9.17) is 0 Å². The first-order valence-electron chi connectivity index (χ1n) is 14.4. The van der Waals surface area contributed by atoms with Crippen LogP contribution in [0.4, 0.5) is 0 Å². The lowest BCUT2D eigenvalue weighted by molar-refractivity contribution is 0.0858. The zero-order valence-corrected chi connectivity index (χ0v) is 23.5. The van der Waals surface area contributed by atoms with Crippen LogP contribution < -0.4 is 0 Å². The van der Waals surface area contributed by atoms with Gasteiger partial charge in [-0.15, -0.1) is 0 Å². The molecule has 0 saturated carbocycles. The van der Waals surface area contributed by atoms with Crippen LogP contribution in [0.3, 0.4) is 0 Å². The molecule has 1 aliphatic rings. The van der Waals surface area contributed by atoms with Crippen molar-refractivity contribution in [3.05, 3.63) is 139 Å². The zero-order valence-electron chi connectivity index (χ0n) is 23.5. The summed E-state index contributed by atoms with van der Waals surface area (Å²) >= 11 is 0. The summed E-state index contributed by atoms with van der Waals surface area (Å²) in [6, 6.07) is 39.3. The predicted molar refractivity (Wildman–Crippen MR) is 173 cm³/mol. The molecule has 5 nitrogen and oxygen atoms in total. The van der Waals surface area contributed by atoms with E-state index in [1.807, 2.05) is 67.6 Å². The van der Waals surface area contributed by atoms with Crippen LogP contribution in [0.1, 0.15) is 23.8 Å². The van der Waals surface area contributed by atoms with Crippen molar-refractivity contribution in [2.24, 2.45) is 5.41 Å². The molecule has 0 radical (unpaired) electrons. The van der Waals surface area contributed by atoms with E-state index in [-0.39, 0.29) is 5.78 Å². The van der Waals surface area contributed by atoms with Crippen LogP contribution in [-0.4, -0.2) is 19.9 Å². The van der Waals surface area contributed by atoms with Gasteiger partial charge in [0.15, 0.2) is 5.78 Å².